The molecule has 2 N–H and O–H groups in total. The van der Waals surface area contributed by atoms with Crippen molar-refractivity contribution in [3.05, 3.63) is 0 Å². The third-order valence-electron chi connectivity index (χ3n) is 4.37. The molecule has 0 spiro atoms. The highest BCUT2D eigenvalue weighted by Crippen LogP contribution is 2.19. The van der Waals surface area contributed by atoms with Crippen molar-refractivity contribution in [3.63, 3.8) is 0 Å². The topological polar surface area (TPSA) is 64.7 Å². The van der Waals surface area contributed by atoms with Gasteiger partial charge in [-0.05, 0) is 31.7 Å². The molecule has 2 fully saturated rings. The van der Waals surface area contributed by atoms with Crippen molar-refractivity contribution in [2.24, 2.45) is 11.8 Å². The molecule has 6 nitrogen and oxygen atoms in total. The largest absolute Gasteiger partial charge is 0.341 e. The molecule has 126 valence electrons. The third kappa shape index (κ3) is 4.87. The van der Waals surface area contributed by atoms with Gasteiger partial charge in [0, 0.05) is 39.3 Å². The third-order valence-corrected chi connectivity index (χ3v) is 4.37. The van der Waals surface area contributed by atoms with Gasteiger partial charge < -0.3 is 20.4 Å². The van der Waals surface area contributed by atoms with E-state index in [1.807, 2.05) is 9.80 Å². The quantitative estimate of drug-likeness (QED) is 0.813. The van der Waals surface area contributed by atoms with E-state index in [9.17, 15) is 9.59 Å². The lowest BCUT2D eigenvalue weighted by Crippen LogP contribution is -2.50. The first kappa shape index (κ1) is 17.1. The van der Waals surface area contributed by atoms with Crippen LogP contribution in [0.1, 0.15) is 33.1 Å². The van der Waals surface area contributed by atoms with Gasteiger partial charge in [0.25, 0.3) is 0 Å². The van der Waals surface area contributed by atoms with Crippen LogP contribution in [0.4, 0.5) is 4.79 Å². The second kappa shape index (κ2) is 8.36. The van der Waals surface area contributed by atoms with Crippen LogP contribution in [0.2, 0.25) is 0 Å². The van der Waals surface area contributed by atoms with Crippen molar-refractivity contribution in [2.45, 2.75) is 33.1 Å². The SMILES string of the molecule is CC(C)CNC(=O)N1CCCC(C(=O)N2CCCNCC2)C1. The maximum atomic E-state index is 12.7. The summed E-state index contributed by atoms with van der Waals surface area (Å²) in [4.78, 5) is 28.6. The standard InChI is InChI=1S/C16H30N4O2/c1-13(2)11-18-16(22)20-8-3-5-14(12-20)15(21)19-9-4-6-17-7-10-19/h13-14,17H,3-12H2,1-2H3,(H,18,22). The monoisotopic (exact) mass is 310 g/mol. The normalized spacial score (nSPS) is 23.3. The van der Waals surface area contributed by atoms with Crippen molar-refractivity contribution in [1.29, 1.82) is 0 Å². The highest BCUT2D eigenvalue weighted by atomic mass is 16.2. The van der Waals surface area contributed by atoms with Crippen molar-refractivity contribution in [2.75, 3.05) is 45.8 Å². The van der Waals surface area contributed by atoms with E-state index >= 15 is 0 Å². The molecular formula is C16H30N4O2. The number of nitrogens with zero attached hydrogens (tertiary/aromatic N) is 2. The Kier molecular flexibility index (Phi) is 6.49. The molecule has 0 bridgehead atoms. The average Bonchev–Trinajstić information content (AvgIpc) is 2.81. The Labute approximate surface area is 133 Å². The lowest BCUT2D eigenvalue weighted by atomic mass is 9.96. The van der Waals surface area contributed by atoms with Gasteiger partial charge in [-0.15, -0.1) is 0 Å². The fourth-order valence-corrected chi connectivity index (χ4v) is 3.09. The molecule has 2 aliphatic rings. The molecule has 0 saturated carbocycles. The minimum Gasteiger partial charge on any atom is -0.341 e. The number of nitrogens with one attached hydrogen (secondary N) is 2. The lowest BCUT2D eigenvalue weighted by molar-refractivity contribution is -0.136. The molecule has 0 aromatic heterocycles. The van der Waals surface area contributed by atoms with Gasteiger partial charge in [-0.3, -0.25) is 4.79 Å². The summed E-state index contributed by atoms with van der Waals surface area (Å²) in [7, 11) is 0. The van der Waals surface area contributed by atoms with E-state index in [2.05, 4.69) is 24.5 Å². The number of likely N-dealkylation sites (tertiary alicyclic amines) is 1. The number of hydrogen-bond acceptors (Lipinski definition) is 3. The maximum absolute atomic E-state index is 12.7. The summed E-state index contributed by atoms with van der Waals surface area (Å²) in [5.74, 6) is 0.637. The van der Waals surface area contributed by atoms with E-state index in [-0.39, 0.29) is 17.9 Å². The molecule has 0 aromatic carbocycles. The van der Waals surface area contributed by atoms with Crippen LogP contribution in [0, 0.1) is 11.8 Å². The molecule has 22 heavy (non-hydrogen) atoms. The van der Waals surface area contributed by atoms with Crippen LogP contribution < -0.4 is 10.6 Å². The van der Waals surface area contributed by atoms with Crippen LogP contribution in [0.5, 0.6) is 0 Å². The summed E-state index contributed by atoms with van der Waals surface area (Å²) < 4.78 is 0. The van der Waals surface area contributed by atoms with Crippen LogP contribution in [0.15, 0.2) is 0 Å². The highest BCUT2D eigenvalue weighted by Gasteiger charge is 2.31. The molecule has 3 amide bonds. The second-order valence-corrected chi connectivity index (χ2v) is 6.79. The summed E-state index contributed by atoms with van der Waals surface area (Å²) in [5, 5.41) is 6.27. The van der Waals surface area contributed by atoms with Gasteiger partial charge in [0.2, 0.25) is 5.91 Å². The molecule has 2 saturated heterocycles. The van der Waals surface area contributed by atoms with E-state index in [0.29, 0.717) is 19.0 Å². The molecule has 2 rings (SSSR count). The van der Waals surface area contributed by atoms with Gasteiger partial charge >= 0.3 is 6.03 Å². The number of rotatable bonds is 3. The summed E-state index contributed by atoms with van der Waals surface area (Å²) in [6.07, 6.45) is 2.82. The number of urea groups is 1. The minimum atomic E-state index is -0.0309. The Hall–Kier alpha value is -1.30. The van der Waals surface area contributed by atoms with Crippen molar-refractivity contribution in [3.8, 4) is 0 Å². The summed E-state index contributed by atoms with van der Waals surface area (Å²) in [6.45, 7) is 9.64. The average molecular weight is 310 g/mol. The van der Waals surface area contributed by atoms with E-state index < -0.39 is 0 Å². The van der Waals surface area contributed by atoms with Gasteiger partial charge in [-0.2, -0.15) is 0 Å². The molecular weight excluding hydrogens is 280 g/mol. The first-order valence-corrected chi connectivity index (χ1v) is 8.60. The Balaban J connectivity index is 1.86. The summed E-state index contributed by atoms with van der Waals surface area (Å²) >= 11 is 0. The molecule has 1 atom stereocenters. The molecule has 1 unspecified atom stereocenters. The fraction of sp³-hybridized carbons (Fsp3) is 0.875. The number of hydrogen-bond donors (Lipinski definition) is 2. The van der Waals surface area contributed by atoms with E-state index in [0.717, 1.165) is 52.0 Å². The van der Waals surface area contributed by atoms with Crippen LogP contribution in [-0.4, -0.2) is 67.6 Å². The van der Waals surface area contributed by atoms with Gasteiger partial charge in [0.15, 0.2) is 0 Å². The van der Waals surface area contributed by atoms with Gasteiger partial charge in [0.05, 0.1) is 5.92 Å². The predicted molar refractivity (Wildman–Crippen MR) is 86.6 cm³/mol. The van der Waals surface area contributed by atoms with Crippen molar-refractivity contribution < 1.29 is 9.59 Å². The fourth-order valence-electron chi connectivity index (χ4n) is 3.09. The molecule has 0 radical (unpaired) electrons. The Morgan fingerprint density at radius 1 is 1.14 bits per heavy atom. The second-order valence-electron chi connectivity index (χ2n) is 6.79. The van der Waals surface area contributed by atoms with Crippen LogP contribution >= 0.6 is 0 Å². The smallest absolute Gasteiger partial charge is 0.317 e. The van der Waals surface area contributed by atoms with Crippen molar-refractivity contribution >= 4 is 11.9 Å². The Bertz CT molecular complexity index is 378. The van der Waals surface area contributed by atoms with E-state index in [1.165, 1.54) is 0 Å². The first-order valence-electron chi connectivity index (χ1n) is 8.60. The van der Waals surface area contributed by atoms with Crippen LogP contribution in [0.3, 0.4) is 0 Å². The Morgan fingerprint density at radius 2 is 1.91 bits per heavy atom. The molecule has 0 aromatic rings. The zero-order valence-corrected chi connectivity index (χ0v) is 13.9. The molecule has 2 aliphatic heterocycles. The number of carbonyl (C=O) groups is 2. The summed E-state index contributed by atoms with van der Waals surface area (Å²) in [6, 6.07) is -0.0243. The predicted octanol–water partition coefficient (Wildman–Crippen LogP) is 0.886. The Morgan fingerprint density at radius 3 is 2.68 bits per heavy atom. The number of carbonyl (C=O) groups excluding carboxylic acids is 2. The van der Waals surface area contributed by atoms with Crippen LogP contribution in [0.25, 0.3) is 0 Å². The summed E-state index contributed by atoms with van der Waals surface area (Å²) in [5.41, 5.74) is 0. The van der Waals surface area contributed by atoms with Crippen LogP contribution in [-0.2, 0) is 4.79 Å². The molecule has 2 heterocycles. The zero-order chi connectivity index (χ0) is 15.9. The zero-order valence-electron chi connectivity index (χ0n) is 13.9. The number of piperidine rings is 1. The van der Waals surface area contributed by atoms with E-state index in [1.54, 1.807) is 0 Å². The molecule has 6 heteroatoms. The van der Waals surface area contributed by atoms with Crippen molar-refractivity contribution in [1.82, 2.24) is 20.4 Å². The minimum absolute atomic E-state index is 0.0243. The van der Waals surface area contributed by atoms with E-state index in [4.69, 9.17) is 0 Å². The van der Waals surface area contributed by atoms with Gasteiger partial charge in [-0.1, -0.05) is 13.8 Å². The maximum Gasteiger partial charge on any atom is 0.317 e. The first-order chi connectivity index (χ1) is 10.6. The lowest BCUT2D eigenvalue weighted by Gasteiger charge is -2.34. The number of amides is 3. The van der Waals surface area contributed by atoms with Gasteiger partial charge in [0.1, 0.15) is 0 Å². The highest BCUT2D eigenvalue weighted by molar-refractivity contribution is 5.81. The molecule has 0 aliphatic carbocycles. The van der Waals surface area contributed by atoms with Gasteiger partial charge in [-0.25, -0.2) is 4.79 Å².